The van der Waals surface area contributed by atoms with E-state index < -0.39 is 17.7 Å². The van der Waals surface area contributed by atoms with E-state index in [1.54, 1.807) is 45.0 Å². The Bertz CT molecular complexity index is 715. The lowest BCUT2D eigenvalue weighted by atomic mass is 10.2. The Kier molecular flexibility index (Phi) is 5.07. The van der Waals surface area contributed by atoms with Crippen LogP contribution in [-0.4, -0.2) is 29.9 Å². The van der Waals surface area contributed by atoms with Crippen LogP contribution in [0.4, 0.5) is 9.18 Å². The highest BCUT2D eigenvalue weighted by Gasteiger charge is 2.28. The standard InChI is InChI=1S/C18H20FNO4/c1-18(2,3)24-17(22)20(4)14(11-21)16-10-9-15(23-16)12-5-7-13(19)8-6-12/h5-11,14H,1-4H3. The van der Waals surface area contributed by atoms with Crippen molar-refractivity contribution in [1.82, 2.24) is 4.90 Å². The van der Waals surface area contributed by atoms with Crippen LogP contribution in [0.15, 0.2) is 40.8 Å². The van der Waals surface area contributed by atoms with E-state index in [2.05, 4.69) is 0 Å². The molecule has 1 aromatic heterocycles. The van der Waals surface area contributed by atoms with Crippen molar-refractivity contribution >= 4 is 12.4 Å². The minimum atomic E-state index is -0.908. The summed E-state index contributed by atoms with van der Waals surface area (Å²) in [5.41, 5.74) is 0.00789. The zero-order valence-electron chi connectivity index (χ0n) is 14.1. The Hall–Kier alpha value is -2.63. The fraction of sp³-hybridized carbons (Fsp3) is 0.333. The van der Waals surface area contributed by atoms with E-state index in [0.717, 1.165) is 0 Å². The molecule has 0 radical (unpaired) electrons. The molecule has 0 aliphatic heterocycles. The van der Waals surface area contributed by atoms with Crippen LogP contribution in [0, 0.1) is 5.82 Å². The molecule has 1 atom stereocenters. The van der Waals surface area contributed by atoms with Gasteiger partial charge >= 0.3 is 6.09 Å². The van der Waals surface area contributed by atoms with E-state index >= 15 is 0 Å². The number of furan rings is 1. The zero-order chi connectivity index (χ0) is 17.9. The molecule has 0 fully saturated rings. The molecule has 5 nitrogen and oxygen atoms in total. The number of halogens is 1. The minimum Gasteiger partial charge on any atom is -0.458 e. The Morgan fingerprint density at radius 1 is 1.21 bits per heavy atom. The average molecular weight is 333 g/mol. The van der Waals surface area contributed by atoms with Crippen molar-refractivity contribution in [3.05, 3.63) is 48.0 Å². The van der Waals surface area contributed by atoms with E-state index in [0.29, 0.717) is 23.4 Å². The quantitative estimate of drug-likeness (QED) is 0.787. The highest BCUT2D eigenvalue weighted by Crippen LogP contribution is 2.27. The van der Waals surface area contributed by atoms with Crippen molar-refractivity contribution in [2.75, 3.05) is 7.05 Å². The number of carbonyl (C=O) groups is 2. The number of benzene rings is 1. The number of rotatable bonds is 4. The van der Waals surface area contributed by atoms with E-state index in [-0.39, 0.29) is 5.82 Å². The highest BCUT2D eigenvalue weighted by atomic mass is 19.1. The van der Waals surface area contributed by atoms with Crippen molar-refractivity contribution < 1.29 is 23.1 Å². The van der Waals surface area contributed by atoms with Gasteiger partial charge in [-0.1, -0.05) is 0 Å². The molecular formula is C18H20FNO4. The number of carbonyl (C=O) groups excluding carboxylic acids is 2. The molecule has 6 heteroatoms. The molecule has 1 heterocycles. The summed E-state index contributed by atoms with van der Waals surface area (Å²) >= 11 is 0. The molecule has 0 aliphatic rings. The maximum atomic E-state index is 13.0. The summed E-state index contributed by atoms with van der Waals surface area (Å²) in [6.45, 7) is 5.23. The third-order valence-corrected chi connectivity index (χ3v) is 3.27. The zero-order valence-corrected chi connectivity index (χ0v) is 14.1. The SMILES string of the molecule is CN(C(=O)OC(C)(C)C)C(C=O)c1ccc(-c2ccc(F)cc2)o1. The number of aldehydes is 1. The molecule has 0 aliphatic carbocycles. The average Bonchev–Trinajstić information content (AvgIpc) is 2.96. The number of nitrogens with zero attached hydrogens (tertiary/aromatic N) is 1. The lowest BCUT2D eigenvalue weighted by Crippen LogP contribution is -2.37. The molecule has 24 heavy (non-hydrogen) atoms. The lowest BCUT2D eigenvalue weighted by Gasteiger charge is -2.27. The normalized spacial score (nSPS) is 12.5. The molecule has 2 aromatic rings. The van der Waals surface area contributed by atoms with Gasteiger partial charge in [0, 0.05) is 12.6 Å². The van der Waals surface area contributed by atoms with Crippen LogP contribution in [0.25, 0.3) is 11.3 Å². The van der Waals surface area contributed by atoms with Crippen molar-refractivity contribution in [3.8, 4) is 11.3 Å². The number of ether oxygens (including phenoxy) is 1. The van der Waals surface area contributed by atoms with Crippen LogP contribution in [0.3, 0.4) is 0 Å². The Morgan fingerprint density at radius 2 is 1.83 bits per heavy atom. The first-order valence-electron chi connectivity index (χ1n) is 7.48. The molecule has 0 saturated heterocycles. The van der Waals surface area contributed by atoms with Crippen LogP contribution in [0.2, 0.25) is 0 Å². The first-order chi connectivity index (χ1) is 11.2. The van der Waals surface area contributed by atoms with Gasteiger partial charge < -0.3 is 13.9 Å². The summed E-state index contributed by atoms with van der Waals surface area (Å²) in [4.78, 5) is 24.7. The van der Waals surface area contributed by atoms with Gasteiger partial charge in [0.2, 0.25) is 0 Å². The summed E-state index contributed by atoms with van der Waals surface area (Å²) in [6, 6.07) is 8.16. The van der Waals surface area contributed by atoms with Crippen LogP contribution in [0.5, 0.6) is 0 Å². The summed E-state index contributed by atoms with van der Waals surface area (Å²) in [7, 11) is 1.47. The molecule has 128 valence electrons. The van der Waals surface area contributed by atoms with Gasteiger partial charge in [0.1, 0.15) is 35.3 Å². The fourth-order valence-electron chi connectivity index (χ4n) is 2.08. The molecular weight excluding hydrogens is 313 g/mol. The number of hydrogen-bond acceptors (Lipinski definition) is 4. The van der Waals surface area contributed by atoms with Crippen molar-refractivity contribution in [2.24, 2.45) is 0 Å². The molecule has 0 N–H and O–H groups in total. The Labute approximate surface area is 140 Å². The Balaban J connectivity index is 2.21. The smallest absolute Gasteiger partial charge is 0.411 e. The minimum absolute atomic E-state index is 0.303. The third-order valence-electron chi connectivity index (χ3n) is 3.27. The van der Waals surface area contributed by atoms with Crippen LogP contribution in [-0.2, 0) is 9.53 Å². The molecule has 0 saturated carbocycles. The second-order valence-electron chi connectivity index (χ2n) is 6.38. The molecule has 1 unspecified atom stereocenters. The van der Waals surface area contributed by atoms with E-state index in [1.807, 2.05) is 0 Å². The molecule has 1 aromatic carbocycles. The van der Waals surface area contributed by atoms with E-state index in [9.17, 15) is 14.0 Å². The van der Waals surface area contributed by atoms with Crippen molar-refractivity contribution in [2.45, 2.75) is 32.4 Å². The second-order valence-corrected chi connectivity index (χ2v) is 6.38. The molecule has 0 bridgehead atoms. The van der Waals surface area contributed by atoms with Gasteiger partial charge in [0.15, 0.2) is 0 Å². The summed E-state index contributed by atoms with van der Waals surface area (Å²) < 4.78 is 23.9. The first kappa shape index (κ1) is 17.7. The number of hydrogen-bond donors (Lipinski definition) is 0. The first-order valence-corrected chi connectivity index (χ1v) is 7.48. The van der Waals surface area contributed by atoms with Crippen LogP contribution in [0.1, 0.15) is 32.6 Å². The molecule has 1 amide bonds. The Morgan fingerprint density at radius 3 is 2.38 bits per heavy atom. The van der Waals surface area contributed by atoms with Crippen LogP contribution >= 0.6 is 0 Å². The number of amides is 1. The van der Waals surface area contributed by atoms with Gasteiger partial charge in [0.05, 0.1) is 0 Å². The van der Waals surface area contributed by atoms with Gasteiger partial charge in [-0.2, -0.15) is 0 Å². The predicted molar refractivity (Wildman–Crippen MR) is 86.9 cm³/mol. The third kappa shape index (κ3) is 4.22. The van der Waals surface area contributed by atoms with Crippen LogP contribution < -0.4 is 0 Å². The van der Waals surface area contributed by atoms with E-state index in [1.165, 1.54) is 24.1 Å². The van der Waals surface area contributed by atoms with Crippen molar-refractivity contribution in [1.29, 1.82) is 0 Å². The van der Waals surface area contributed by atoms with Gasteiger partial charge in [0.25, 0.3) is 0 Å². The molecule has 2 rings (SSSR count). The monoisotopic (exact) mass is 333 g/mol. The van der Waals surface area contributed by atoms with Crippen molar-refractivity contribution in [3.63, 3.8) is 0 Å². The summed E-state index contributed by atoms with van der Waals surface area (Å²) in [5, 5.41) is 0. The number of likely N-dealkylation sites (N-methyl/N-ethyl adjacent to an activating group) is 1. The van der Waals surface area contributed by atoms with Gasteiger partial charge in [-0.3, -0.25) is 4.90 Å². The summed E-state index contributed by atoms with van der Waals surface area (Å²) in [6.07, 6.45) is -0.0173. The largest absolute Gasteiger partial charge is 0.458 e. The molecule has 0 spiro atoms. The van der Waals surface area contributed by atoms with E-state index in [4.69, 9.17) is 9.15 Å². The maximum Gasteiger partial charge on any atom is 0.411 e. The van der Waals surface area contributed by atoms with Gasteiger partial charge in [-0.15, -0.1) is 0 Å². The second kappa shape index (κ2) is 6.86. The topological polar surface area (TPSA) is 59.8 Å². The predicted octanol–water partition coefficient (Wildman–Crippen LogP) is 4.19. The van der Waals surface area contributed by atoms with Gasteiger partial charge in [-0.25, -0.2) is 9.18 Å². The van der Waals surface area contributed by atoms with Gasteiger partial charge in [-0.05, 0) is 57.2 Å². The summed E-state index contributed by atoms with van der Waals surface area (Å²) in [5.74, 6) is 0.438. The maximum absolute atomic E-state index is 13.0. The highest BCUT2D eigenvalue weighted by molar-refractivity contribution is 5.74. The fourth-order valence-corrected chi connectivity index (χ4v) is 2.08. The lowest BCUT2D eigenvalue weighted by molar-refractivity contribution is -0.112.